The second kappa shape index (κ2) is 6.14. The molecule has 0 saturated carbocycles. The summed E-state index contributed by atoms with van der Waals surface area (Å²) in [4.78, 5) is 0. The molecule has 4 rings (SSSR count). The van der Waals surface area contributed by atoms with Gasteiger partial charge in [-0.3, -0.25) is 4.68 Å². The molecule has 0 aliphatic rings. The first-order chi connectivity index (χ1) is 12.2. The van der Waals surface area contributed by atoms with Crippen LogP contribution in [-0.4, -0.2) is 14.9 Å². The van der Waals surface area contributed by atoms with Gasteiger partial charge in [0, 0.05) is 10.9 Å². The lowest BCUT2D eigenvalue weighted by atomic mass is 10.1. The van der Waals surface area contributed by atoms with Crippen molar-refractivity contribution in [2.75, 3.05) is 0 Å². The molecule has 2 heterocycles. The third-order valence-electron chi connectivity index (χ3n) is 4.08. The highest BCUT2D eigenvalue weighted by Crippen LogP contribution is 2.30. The van der Waals surface area contributed by atoms with Crippen LogP contribution in [0.4, 0.5) is 8.78 Å². The molecule has 25 heavy (non-hydrogen) atoms. The highest BCUT2D eigenvalue weighted by atomic mass is 19.1. The maximum atomic E-state index is 14.0. The number of hydrogen-bond donors (Lipinski definition) is 1. The van der Waals surface area contributed by atoms with Crippen molar-refractivity contribution in [1.82, 2.24) is 9.78 Å². The number of fused-ring (bicyclic) bond motifs is 1. The summed E-state index contributed by atoms with van der Waals surface area (Å²) in [6.45, 7) is -0.244. The van der Waals surface area contributed by atoms with E-state index in [0.717, 1.165) is 10.9 Å². The van der Waals surface area contributed by atoms with Crippen LogP contribution < -0.4 is 0 Å². The Morgan fingerprint density at radius 2 is 1.72 bits per heavy atom. The fraction of sp³-hybridized carbons (Fsp3) is 0.105. The van der Waals surface area contributed by atoms with Gasteiger partial charge in [-0.15, -0.1) is 0 Å². The van der Waals surface area contributed by atoms with Crippen molar-refractivity contribution < 1.29 is 18.3 Å². The van der Waals surface area contributed by atoms with Crippen molar-refractivity contribution >= 4 is 10.9 Å². The van der Waals surface area contributed by atoms with Gasteiger partial charge in [-0.2, -0.15) is 5.10 Å². The predicted molar refractivity (Wildman–Crippen MR) is 88.8 cm³/mol. The molecule has 4 nitrogen and oxygen atoms in total. The summed E-state index contributed by atoms with van der Waals surface area (Å²) < 4.78 is 35.1. The van der Waals surface area contributed by atoms with Crippen LogP contribution in [0.3, 0.4) is 0 Å². The van der Waals surface area contributed by atoms with Crippen LogP contribution >= 0.6 is 0 Å². The van der Waals surface area contributed by atoms with E-state index in [0.29, 0.717) is 17.2 Å². The quantitative estimate of drug-likeness (QED) is 0.608. The molecule has 0 aliphatic heterocycles. The average molecular weight is 340 g/mol. The minimum atomic E-state index is -0.610. The molecule has 0 fully saturated rings. The number of rotatable bonds is 4. The zero-order valence-electron chi connectivity index (χ0n) is 13.1. The van der Waals surface area contributed by atoms with Gasteiger partial charge in [-0.1, -0.05) is 24.3 Å². The Labute approximate surface area is 141 Å². The number of nitrogens with zero attached hydrogens (tertiary/aromatic N) is 2. The first-order valence-electron chi connectivity index (χ1n) is 7.76. The molecular formula is C19H14F2N2O2. The topological polar surface area (TPSA) is 51.2 Å². The monoisotopic (exact) mass is 340 g/mol. The van der Waals surface area contributed by atoms with Gasteiger partial charge in [-0.25, -0.2) is 8.78 Å². The maximum Gasteiger partial charge on any atom is 0.155 e. The third-order valence-corrected chi connectivity index (χ3v) is 4.08. The van der Waals surface area contributed by atoms with Crippen LogP contribution in [0.1, 0.15) is 11.3 Å². The van der Waals surface area contributed by atoms with Crippen molar-refractivity contribution in [2.24, 2.45) is 0 Å². The molecule has 0 saturated heterocycles. The molecular weight excluding hydrogens is 326 g/mol. The van der Waals surface area contributed by atoms with Crippen LogP contribution in [0.5, 0.6) is 0 Å². The average Bonchev–Trinajstić information content (AvgIpc) is 3.23. The number of aromatic nitrogens is 2. The summed E-state index contributed by atoms with van der Waals surface area (Å²) in [5, 5.41) is 14.5. The SMILES string of the molecule is OCc1ccc(-c2nn(Cc3c(F)cccc3F)c3ccccc23)o1. The van der Waals surface area contributed by atoms with E-state index in [1.165, 1.54) is 18.2 Å². The first-order valence-corrected chi connectivity index (χ1v) is 7.76. The van der Waals surface area contributed by atoms with E-state index < -0.39 is 11.6 Å². The minimum absolute atomic E-state index is 0.0351. The lowest BCUT2D eigenvalue weighted by molar-refractivity contribution is 0.248. The lowest BCUT2D eigenvalue weighted by Gasteiger charge is -2.06. The van der Waals surface area contributed by atoms with E-state index in [1.54, 1.807) is 16.8 Å². The van der Waals surface area contributed by atoms with Gasteiger partial charge in [0.1, 0.15) is 29.7 Å². The van der Waals surface area contributed by atoms with E-state index in [-0.39, 0.29) is 18.7 Å². The largest absolute Gasteiger partial charge is 0.457 e. The second-order valence-corrected chi connectivity index (χ2v) is 5.65. The highest BCUT2D eigenvalue weighted by Gasteiger charge is 2.17. The summed E-state index contributed by atoms with van der Waals surface area (Å²) in [6, 6.07) is 14.6. The maximum absolute atomic E-state index is 14.0. The summed E-state index contributed by atoms with van der Waals surface area (Å²) in [5.41, 5.74) is 1.26. The van der Waals surface area contributed by atoms with Gasteiger partial charge >= 0.3 is 0 Å². The first kappa shape index (κ1) is 15.5. The van der Waals surface area contributed by atoms with Crippen molar-refractivity contribution in [3.8, 4) is 11.5 Å². The van der Waals surface area contributed by atoms with Gasteiger partial charge < -0.3 is 9.52 Å². The Bertz CT molecular complexity index is 1030. The number of furan rings is 1. The van der Waals surface area contributed by atoms with E-state index in [4.69, 9.17) is 9.52 Å². The fourth-order valence-corrected chi connectivity index (χ4v) is 2.85. The lowest BCUT2D eigenvalue weighted by Crippen LogP contribution is -2.06. The number of aliphatic hydroxyl groups is 1. The molecule has 0 radical (unpaired) electrons. The summed E-state index contributed by atoms with van der Waals surface area (Å²) in [7, 11) is 0. The number of hydrogen-bond acceptors (Lipinski definition) is 3. The Morgan fingerprint density at radius 3 is 2.44 bits per heavy atom. The number of para-hydroxylation sites is 1. The fourth-order valence-electron chi connectivity index (χ4n) is 2.85. The molecule has 4 aromatic rings. The Balaban J connectivity index is 1.85. The minimum Gasteiger partial charge on any atom is -0.457 e. The van der Waals surface area contributed by atoms with Gasteiger partial charge in [-0.05, 0) is 30.3 Å². The number of halogens is 2. The zero-order chi connectivity index (χ0) is 17.4. The molecule has 1 N–H and O–H groups in total. The predicted octanol–water partition coefficient (Wildman–Crippen LogP) is 4.12. The van der Waals surface area contributed by atoms with E-state index in [1.807, 2.05) is 24.3 Å². The molecule has 0 aliphatic carbocycles. The standard InChI is InChI=1S/C19H14F2N2O2/c20-15-5-3-6-16(21)14(15)10-23-17-7-2-1-4-13(17)19(22-23)18-9-8-12(11-24)25-18/h1-9,24H,10-11H2. The third kappa shape index (κ3) is 2.70. The second-order valence-electron chi connectivity index (χ2n) is 5.65. The van der Waals surface area contributed by atoms with E-state index in [2.05, 4.69) is 5.10 Å². The molecule has 6 heteroatoms. The van der Waals surface area contributed by atoms with Crippen molar-refractivity contribution in [2.45, 2.75) is 13.2 Å². The van der Waals surface area contributed by atoms with Crippen LogP contribution in [0, 0.1) is 11.6 Å². The van der Waals surface area contributed by atoms with Crippen LogP contribution in [0.2, 0.25) is 0 Å². The molecule has 0 atom stereocenters. The molecule has 0 unspecified atom stereocenters. The van der Waals surface area contributed by atoms with Crippen molar-refractivity contribution in [3.63, 3.8) is 0 Å². The molecule has 2 aromatic carbocycles. The van der Waals surface area contributed by atoms with E-state index in [9.17, 15) is 8.78 Å². The summed E-state index contributed by atoms with van der Waals surface area (Å²) in [5.74, 6) is -0.301. The number of benzene rings is 2. The van der Waals surface area contributed by atoms with Crippen molar-refractivity contribution in [1.29, 1.82) is 0 Å². The highest BCUT2D eigenvalue weighted by molar-refractivity contribution is 5.92. The Morgan fingerprint density at radius 1 is 0.960 bits per heavy atom. The molecule has 0 amide bonds. The van der Waals surface area contributed by atoms with Gasteiger partial charge in [0.25, 0.3) is 0 Å². The van der Waals surface area contributed by atoms with Gasteiger partial charge in [0.05, 0.1) is 12.1 Å². The molecule has 0 bridgehead atoms. The van der Waals surface area contributed by atoms with Crippen LogP contribution in [-0.2, 0) is 13.2 Å². The molecule has 2 aromatic heterocycles. The smallest absolute Gasteiger partial charge is 0.155 e. The van der Waals surface area contributed by atoms with Gasteiger partial charge in [0.2, 0.25) is 0 Å². The Hall–Kier alpha value is -2.99. The van der Waals surface area contributed by atoms with Crippen LogP contribution in [0.15, 0.2) is 59.0 Å². The van der Waals surface area contributed by atoms with Crippen molar-refractivity contribution in [3.05, 3.63) is 77.6 Å². The number of aliphatic hydroxyl groups excluding tert-OH is 1. The van der Waals surface area contributed by atoms with E-state index >= 15 is 0 Å². The normalized spacial score (nSPS) is 11.3. The molecule has 126 valence electrons. The van der Waals surface area contributed by atoms with Gasteiger partial charge in [0.15, 0.2) is 5.76 Å². The molecule has 0 spiro atoms. The summed E-state index contributed by atoms with van der Waals surface area (Å²) in [6.07, 6.45) is 0. The summed E-state index contributed by atoms with van der Waals surface area (Å²) >= 11 is 0. The zero-order valence-corrected chi connectivity index (χ0v) is 13.1. The Kier molecular flexibility index (Phi) is 3.82. The van der Waals surface area contributed by atoms with Crippen LogP contribution in [0.25, 0.3) is 22.4 Å².